The molecule has 0 spiro atoms. The Morgan fingerprint density at radius 2 is 2.20 bits per heavy atom. The molecule has 0 aliphatic carbocycles. The van der Waals surface area contributed by atoms with Gasteiger partial charge in [0.1, 0.15) is 12.4 Å². The zero-order valence-corrected chi connectivity index (χ0v) is 14.3. The van der Waals surface area contributed by atoms with Gasteiger partial charge in [-0.2, -0.15) is 0 Å². The number of hydrogen-bond acceptors (Lipinski definition) is 3. The largest absolute Gasteiger partial charge is 0.488 e. The topological polar surface area (TPSA) is 21.3 Å². The maximum absolute atomic E-state index is 6.00. The molecule has 2 nitrogen and oxygen atoms in total. The lowest BCUT2D eigenvalue weighted by atomic mass is 10.1. The Morgan fingerprint density at radius 3 is 2.90 bits per heavy atom. The van der Waals surface area contributed by atoms with Crippen molar-refractivity contribution in [3.05, 3.63) is 50.6 Å². The Balaban J connectivity index is 2.10. The van der Waals surface area contributed by atoms with Gasteiger partial charge in [0.2, 0.25) is 0 Å². The quantitative estimate of drug-likeness (QED) is 0.742. The van der Waals surface area contributed by atoms with E-state index >= 15 is 0 Å². The van der Waals surface area contributed by atoms with Crippen molar-refractivity contribution in [1.29, 1.82) is 0 Å². The molecule has 4 heteroatoms. The van der Waals surface area contributed by atoms with E-state index in [9.17, 15) is 0 Å². The van der Waals surface area contributed by atoms with Crippen LogP contribution in [0.2, 0.25) is 0 Å². The van der Waals surface area contributed by atoms with Crippen LogP contribution in [0.4, 0.5) is 0 Å². The fourth-order valence-electron chi connectivity index (χ4n) is 2.01. The summed E-state index contributed by atoms with van der Waals surface area (Å²) in [6.45, 7) is 6.00. The fraction of sp³-hybridized carbons (Fsp3) is 0.375. The maximum atomic E-state index is 6.00. The minimum absolute atomic E-state index is 0.293. The second-order valence-corrected chi connectivity index (χ2v) is 6.67. The highest BCUT2D eigenvalue weighted by Crippen LogP contribution is 2.29. The molecular weight excluding hydrogens is 334 g/mol. The molecule has 1 heterocycles. The van der Waals surface area contributed by atoms with Gasteiger partial charge in [0, 0.05) is 21.0 Å². The molecule has 20 heavy (non-hydrogen) atoms. The Kier molecular flexibility index (Phi) is 6.07. The molecule has 0 bridgehead atoms. The second kappa shape index (κ2) is 7.81. The molecule has 1 aromatic carbocycles. The molecule has 2 rings (SSSR count). The Hall–Kier alpha value is -0.840. The molecule has 0 aliphatic rings. The van der Waals surface area contributed by atoms with Crippen LogP contribution in [0.5, 0.6) is 5.75 Å². The summed E-state index contributed by atoms with van der Waals surface area (Å²) >= 11 is 5.24. The molecule has 2 aromatic rings. The molecule has 0 amide bonds. The van der Waals surface area contributed by atoms with Crippen LogP contribution < -0.4 is 10.1 Å². The summed E-state index contributed by atoms with van der Waals surface area (Å²) in [5, 5.41) is 5.58. The predicted octanol–water partition coefficient (Wildman–Crippen LogP) is 5.15. The molecule has 0 saturated heterocycles. The minimum atomic E-state index is 0.293. The Bertz CT molecular complexity index is 527. The molecule has 0 radical (unpaired) electrons. The first kappa shape index (κ1) is 15.5. The van der Waals surface area contributed by atoms with Crippen LogP contribution in [0.1, 0.15) is 36.8 Å². The van der Waals surface area contributed by atoms with Crippen molar-refractivity contribution in [2.45, 2.75) is 32.9 Å². The van der Waals surface area contributed by atoms with E-state index in [1.807, 2.05) is 6.07 Å². The van der Waals surface area contributed by atoms with Gasteiger partial charge in [-0.05, 0) is 43.5 Å². The third kappa shape index (κ3) is 4.33. The van der Waals surface area contributed by atoms with Crippen molar-refractivity contribution in [1.82, 2.24) is 5.32 Å². The fourth-order valence-corrected chi connectivity index (χ4v) is 2.96. The molecular formula is C16H20BrNOS. The number of halogens is 1. The van der Waals surface area contributed by atoms with Crippen molar-refractivity contribution in [2.75, 3.05) is 6.54 Å². The van der Waals surface area contributed by atoms with Crippen LogP contribution in [0.25, 0.3) is 0 Å². The van der Waals surface area contributed by atoms with Crippen LogP contribution in [0.3, 0.4) is 0 Å². The van der Waals surface area contributed by atoms with Crippen molar-refractivity contribution in [3.63, 3.8) is 0 Å². The summed E-state index contributed by atoms with van der Waals surface area (Å²) in [6, 6.07) is 10.7. The summed E-state index contributed by atoms with van der Waals surface area (Å²) in [7, 11) is 0. The van der Waals surface area contributed by atoms with Crippen molar-refractivity contribution >= 4 is 27.3 Å². The number of hydrogen-bond donors (Lipinski definition) is 1. The van der Waals surface area contributed by atoms with Gasteiger partial charge in [-0.25, -0.2) is 0 Å². The summed E-state index contributed by atoms with van der Waals surface area (Å²) in [5.41, 5.74) is 1.21. The van der Waals surface area contributed by atoms with Crippen molar-refractivity contribution < 1.29 is 4.74 Å². The van der Waals surface area contributed by atoms with Gasteiger partial charge in [-0.3, -0.25) is 0 Å². The van der Waals surface area contributed by atoms with Crippen molar-refractivity contribution in [3.8, 4) is 5.75 Å². The average molecular weight is 354 g/mol. The van der Waals surface area contributed by atoms with Gasteiger partial charge in [-0.15, -0.1) is 11.3 Å². The average Bonchev–Trinajstić information content (AvgIpc) is 2.96. The van der Waals surface area contributed by atoms with Crippen LogP contribution in [0, 0.1) is 0 Å². The lowest BCUT2D eigenvalue weighted by Gasteiger charge is -2.18. The molecule has 1 aromatic heterocycles. The highest BCUT2D eigenvalue weighted by atomic mass is 79.9. The second-order valence-electron chi connectivity index (χ2n) is 4.73. The van der Waals surface area contributed by atoms with Crippen LogP contribution in [-0.2, 0) is 6.61 Å². The third-order valence-corrected chi connectivity index (χ3v) is 4.44. The number of benzene rings is 1. The number of ether oxygens (including phenoxy) is 1. The highest BCUT2D eigenvalue weighted by molar-refractivity contribution is 9.10. The zero-order chi connectivity index (χ0) is 14.4. The van der Waals surface area contributed by atoms with Gasteiger partial charge in [0.05, 0.1) is 0 Å². The van der Waals surface area contributed by atoms with E-state index in [1.165, 1.54) is 10.4 Å². The van der Waals surface area contributed by atoms with Gasteiger partial charge in [0.15, 0.2) is 0 Å². The van der Waals surface area contributed by atoms with Crippen LogP contribution in [-0.4, -0.2) is 6.54 Å². The van der Waals surface area contributed by atoms with E-state index in [1.54, 1.807) is 11.3 Å². The van der Waals surface area contributed by atoms with Gasteiger partial charge < -0.3 is 10.1 Å². The van der Waals surface area contributed by atoms with Gasteiger partial charge in [0.25, 0.3) is 0 Å². The summed E-state index contributed by atoms with van der Waals surface area (Å²) < 4.78 is 7.05. The lowest BCUT2D eigenvalue weighted by Crippen LogP contribution is -2.20. The molecule has 1 unspecified atom stereocenters. The maximum Gasteiger partial charge on any atom is 0.125 e. The molecule has 0 saturated carbocycles. The first-order chi connectivity index (χ1) is 9.70. The number of rotatable bonds is 7. The molecule has 1 N–H and O–H groups in total. The molecule has 0 fully saturated rings. The van der Waals surface area contributed by atoms with E-state index in [2.05, 4.69) is 64.7 Å². The Morgan fingerprint density at radius 1 is 1.35 bits per heavy atom. The summed E-state index contributed by atoms with van der Waals surface area (Å²) in [6.07, 6.45) is 1.13. The van der Waals surface area contributed by atoms with E-state index in [4.69, 9.17) is 4.74 Å². The van der Waals surface area contributed by atoms with Crippen LogP contribution in [0.15, 0.2) is 40.2 Å². The summed E-state index contributed by atoms with van der Waals surface area (Å²) in [5.74, 6) is 0.948. The highest BCUT2D eigenvalue weighted by Gasteiger charge is 2.12. The standard InChI is InChI=1S/C16H20BrNOS/c1-3-8-18-12(2)15-7-6-13(17)10-16(15)19-11-14-5-4-9-20-14/h4-7,9-10,12,18H,3,8,11H2,1-2H3. The first-order valence-electron chi connectivity index (χ1n) is 6.88. The monoisotopic (exact) mass is 353 g/mol. The molecule has 0 aliphatic heterocycles. The number of nitrogens with one attached hydrogen (secondary N) is 1. The van der Waals surface area contributed by atoms with Crippen molar-refractivity contribution in [2.24, 2.45) is 0 Å². The van der Waals surface area contributed by atoms with E-state index < -0.39 is 0 Å². The van der Waals surface area contributed by atoms with Gasteiger partial charge >= 0.3 is 0 Å². The lowest BCUT2D eigenvalue weighted by molar-refractivity contribution is 0.303. The smallest absolute Gasteiger partial charge is 0.125 e. The zero-order valence-electron chi connectivity index (χ0n) is 11.9. The van der Waals surface area contributed by atoms with E-state index in [0.29, 0.717) is 12.6 Å². The normalized spacial score (nSPS) is 12.3. The third-order valence-electron chi connectivity index (χ3n) is 3.09. The van der Waals surface area contributed by atoms with E-state index in [-0.39, 0.29) is 0 Å². The van der Waals surface area contributed by atoms with Gasteiger partial charge in [-0.1, -0.05) is 35.0 Å². The SMILES string of the molecule is CCCNC(C)c1ccc(Br)cc1OCc1cccs1. The van der Waals surface area contributed by atoms with Crippen LogP contribution >= 0.6 is 27.3 Å². The molecule has 108 valence electrons. The number of thiophene rings is 1. The van der Waals surface area contributed by atoms with E-state index in [0.717, 1.165) is 23.2 Å². The summed E-state index contributed by atoms with van der Waals surface area (Å²) in [4.78, 5) is 1.24. The molecule has 1 atom stereocenters. The predicted molar refractivity (Wildman–Crippen MR) is 89.5 cm³/mol. The minimum Gasteiger partial charge on any atom is -0.488 e. The Labute approximate surface area is 133 Å². The first-order valence-corrected chi connectivity index (χ1v) is 8.56.